The molecule has 0 unspecified atom stereocenters. The van der Waals surface area contributed by atoms with Crippen LogP contribution in [0.25, 0.3) is 144 Å². The van der Waals surface area contributed by atoms with Gasteiger partial charge in [-0.05, 0) is 157 Å². The smallest absolute Gasteiger partial charge is 0.143 e. The van der Waals surface area contributed by atoms with Crippen LogP contribution in [0.15, 0.2) is 397 Å². The van der Waals surface area contributed by atoms with Crippen LogP contribution >= 0.6 is 0 Å². The molecule has 0 N–H and O–H groups in total. The van der Waals surface area contributed by atoms with E-state index in [1.54, 1.807) is 0 Å². The zero-order valence-corrected chi connectivity index (χ0v) is 54.7. The molecule has 4 heteroatoms. The van der Waals surface area contributed by atoms with E-state index in [4.69, 9.17) is 8.83 Å². The molecule has 0 amide bonds. The molecule has 0 aliphatic heterocycles. The Bertz CT molecular complexity index is 6020. The fourth-order valence-corrected chi connectivity index (χ4v) is 15.0. The fraction of sp³-hybridized carbons (Fsp3) is 0. The maximum Gasteiger partial charge on any atom is 0.143 e. The zero-order valence-electron chi connectivity index (χ0n) is 54.7. The molecule has 0 fully saturated rings. The topological polar surface area (TPSA) is 32.8 Å². The van der Waals surface area contributed by atoms with Gasteiger partial charge in [0.05, 0.1) is 17.1 Å². The second kappa shape index (κ2) is 25.7. The van der Waals surface area contributed by atoms with E-state index in [2.05, 4.69) is 392 Å². The SMILES string of the molecule is c1ccc(-c2ccccc2-c2c(-c3ccccc3)cccc2N(c2ccccc2)c2ccc(-c3cc(-c4cccc(-c5ccccc5-c5c(-c6ccccc6)cccc5N(c5ccccc5)c5ccccc5-c5cccc6c5oc5ccccc56)c4)cc4c3oc3ccccc34)cc2)cc1. The summed E-state index contributed by atoms with van der Waals surface area (Å²) >= 11 is 0. The Morgan fingerprint density at radius 3 is 1.12 bits per heavy atom. The first kappa shape index (κ1) is 59.2. The molecule has 100 heavy (non-hydrogen) atoms. The number of nitrogens with zero attached hydrogens (tertiary/aromatic N) is 2. The minimum Gasteiger partial charge on any atom is -0.455 e. The van der Waals surface area contributed by atoms with Gasteiger partial charge in [0.1, 0.15) is 22.3 Å². The monoisotopic (exact) mass is 1280 g/mol. The highest BCUT2D eigenvalue weighted by molar-refractivity contribution is 6.14. The number of rotatable bonds is 15. The molecule has 470 valence electrons. The molecule has 0 atom stereocenters. The van der Waals surface area contributed by atoms with Crippen molar-refractivity contribution in [1.29, 1.82) is 0 Å². The minimum absolute atomic E-state index is 0.846. The molecule has 0 bridgehead atoms. The maximum absolute atomic E-state index is 6.96. The third kappa shape index (κ3) is 10.7. The zero-order chi connectivity index (χ0) is 66.3. The first-order valence-corrected chi connectivity index (χ1v) is 34.1. The molecule has 16 aromatic carbocycles. The molecule has 0 spiro atoms. The highest BCUT2D eigenvalue weighted by atomic mass is 16.3. The van der Waals surface area contributed by atoms with Crippen LogP contribution in [0.2, 0.25) is 0 Å². The quantitative estimate of drug-likeness (QED) is 0.102. The van der Waals surface area contributed by atoms with Gasteiger partial charge in [-0.15, -0.1) is 0 Å². The van der Waals surface area contributed by atoms with Gasteiger partial charge in [0, 0.05) is 66.4 Å². The molecule has 0 radical (unpaired) electrons. The number of anilines is 6. The Balaban J connectivity index is 0.782. The van der Waals surface area contributed by atoms with Crippen molar-refractivity contribution < 1.29 is 8.83 Å². The summed E-state index contributed by atoms with van der Waals surface area (Å²) in [5, 5.41) is 4.31. The second-order valence-corrected chi connectivity index (χ2v) is 25.4. The van der Waals surface area contributed by atoms with Crippen LogP contribution in [0.4, 0.5) is 34.1 Å². The molecule has 18 rings (SSSR count). The Kier molecular flexibility index (Phi) is 15.2. The third-order valence-electron chi connectivity index (χ3n) is 19.5. The van der Waals surface area contributed by atoms with Crippen molar-refractivity contribution in [3.05, 3.63) is 388 Å². The van der Waals surface area contributed by atoms with Crippen LogP contribution < -0.4 is 9.80 Å². The van der Waals surface area contributed by atoms with Crippen molar-refractivity contribution in [2.24, 2.45) is 0 Å². The van der Waals surface area contributed by atoms with Crippen LogP contribution in [-0.2, 0) is 0 Å². The molecule has 2 heterocycles. The Hall–Kier alpha value is -13.3. The molecule has 0 aliphatic carbocycles. The van der Waals surface area contributed by atoms with Gasteiger partial charge in [-0.3, -0.25) is 0 Å². The summed E-state index contributed by atoms with van der Waals surface area (Å²) in [5.74, 6) is 0. The summed E-state index contributed by atoms with van der Waals surface area (Å²) in [5.41, 5.74) is 29.5. The van der Waals surface area contributed by atoms with Gasteiger partial charge in [-0.1, -0.05) is 303 Å². The van der Waals surface area contributed by atoms with Crippen LogP contribution in [0.5, 0.6) is 0 Å². The fourth-order valence-electron chi connectivity index (χ4n) is 15.0. The van der Waals surface area contributed by atoms with E-state index < -0.39 is 0 Å². The lowest BCUT2D eigenvalue weighted by Crippen LogP contribution is -2.13. The van der Waals surface area contributed by atoms with Crippen LogP contribution in [0.3, 0.4) is 0 Å². The molecule has 2 aromatic heterocycles. The van der Waals surface area contributed by atoms with E-state index >= 15 is 0 Å². The number of furan rings is 2. The Morgan fingerprint density at radius 1 is 0.170 bits per heavy atom. The van der Waals surface area contributed by atoms with Gasteiger partial charge >= 0.3 is 0 Å². The molecule has 0 saturated heterocycles. The number of para-hydroxylation sites is 6. The van der Waals surface area contributed by atoms with E-state index in [1.165, 1.54) is 5.56 Å². The van der Waals surface area contributed by atoms with Crippen molar-refractivity contribution in [3.8, 4) is 100 Å². The predicted octanol–water partition coefficient (Wildman–Crippen LogP) is 27.4. The normalized spacial score (nSPS) is 11.4. The largest absolute Gasteiger partial charge is 0.455 e. The van der Waals surface area contributed by atoms with Crippen molar-refractivity contribution in [3.63, 3.8) is 0 Å². The molecular formula is C96H64N2O2. The number of fused-ring (bicyclic) bond motifs is 6. The number of hydrogen-bond acceptors (Lipinski definition) is 4. The number of hydrogen-bond donors (Lipinski definition) is 0. The summed E-state index contributed by atoms with van der Waals surface area (Å²) < 4.78 is 13.7. The van der Waals surface area contributed by atoms with Gasteiger partial charge < -0.3 is 18.6 Å². The standard InChI is InChI=1S/C96H64N2O2/c1-6-30-65(31-7-1)75-42-16-18-47-82(75)93-77(66-32-8-2-9-33-66)49-28-54-89(93)97(72-38-12-4-13-39-72)74-60-58-68(59-61-74)86-63-71(64-87-81-46-22-25-57-92(81)100-96(86)87)69-36-26-37-70(62-69)76-43-17-19-48-83(76)94-78(67-34-10-3-11-35-67)50-29-55-90(94)98(73-40-14-5-15-41-73)88-53-23-20-44-79(88)84-51-27-52-85-80-45-21-24-56-91(80)99-95(84)85/h1-64H. The highest BCUT2D eigenvalue weighted by Gasteiger charge is 2.28. The first-order chi connectivity index (χ1) is 49.6. The van der Waals surface area contributed by atoms with Crippen LogP contribution in [0.1, 0.15) is 0 Å². The van der Waals surface area contributed by atoms with Crippen molar-refractivity contribution in [1.82, 2.24) is 0 Å². The van der Waals surface area contributed by atoms with E-state index in [0.717, 1.165) is 173 Å². The van der Waals surface area contributed by atoms with Crippen molar-refractivity contribution in [2.75, 3.05) is 9.80 Å². The summed E-state index contributed by atoms with van der Waals surface area (Å²) in [4.78, 5) is 4.85. The van der Waals surface area contributed by atoms with Gasteiger partial charge in [0.2, 0.25) is 0 Å². The van der Waals surface area contributed by atoms with Crippen molar-refractivity contribution in [2.45, 2.75) is 0 Å². The number of benzene rings is 16. The second-order valence-electron chi connectivity index (χ2n) is 25.4. The molecular weight excluding hydrogens is 1210 g/mol. The molecule has 0 saturated carbocycles. The average molecular weight is 1280 g/mol. The lowest BCUT2D eigenvalue weighted by molar-refractivity contribution is 0.669. The van der Waals surface area contributed by atoms with Crippen LogP contribution in [-0.4, -0.2) is 0 Å². The lowest BCUT2D eigenvalue weighted by Gasteiger charge is -2.31. The summed E-state index contributed by atoms with van der Waals surface area (Å²) in [6.45, 7) is 0. The Labute approximate surface area is 581 Å². The maximum atomic E-state index is 6.96. The lowest BCUT2D eigenvalue weighted by atomic mass is 9.86. The van der Waals surface area contributed by atoms with Crippen molar-refractivity contribution >= 4 is 78.0 Å². The van der Waals surface area contributed by atoms with E-state index in [9.17, 15) is 0 Å². The average Bonchev–Trinajstić information content (AvgIpc) is 0.788. The van der Waals surface area contributed by atoms with E-state index in [1.807, 2.05) is 6.07 Å². The summed E-state index contributed by atoms with van der Waals surface area (Å²) in [6.07, 6.45) is 0. The van der Waals surface area contributed by atoms with Gasteiger partial charge in [0.25, 0.3) is 0 Å². The Morgan fingerprint density at radius 2 is 0.530 bits per heavy atom. The predicted molar refractivity (Wildman–Crippen MR) is 419 cm³/mol. The van der Waals surface area contributed by atoms with E-state index in [-0.39, 0.29) is 0 Å². The minimum atomic E-state index is 0.846. The third-order valence-corrected chi connectivity index (χ3v) is 19.5. The summed E-state index contributed by atoms with van der Waals surface area (Å²) in [7, 11) is 0. The van der Waals surface area contributed by atoms with E-state index in [0.29, 0.717) is 0 Å². The van der Waals surface area contributed by atoms with Gasteiger partial charge in [-0.25, -0.2) is 0 Å². The van der Waals surface area contributed by atoms with Crippen LogP contribution in [0, 0.1) is 0 Å². The molecule has 0 aliphatic rings. The summed E-state index contributed by atoms with van der Waals surface area (Å²) in [6, 6.07) is 140. The van der Waals surface area contributed by atoms with Gasteiger partial charge in [-0.2, -0.15) is 0 Å². The first-order valence-electron chi connectivity index (χ1n) is 34.1. The van der Waals surface area contributed by atoms with Gasteiger partial charge in [0.15, 0.2) is 0 Å². The molecule has 4 nitrogen and oxygen atoms in total. The molecule has 18 aromatic rings. The highest BCUT2D eigenvalue weighted by Crippen LogP contribution is 2.53.